The maximum atomic E-state index is 12.6. The molecule has 1 aromatic heterocycles. The Labute approximate surface area is 153 Å². The number of carbonyl (C=O) groups excluding carboxylic acids is 1. The van der Waals surface area contributed by atoms with E-state index in [1.54, 1.807) is 32.9 Å². The molecule has 0 atom stereocenters. The lowest BCUT2D eigenvalue weighted by molar-refractivity contribution is 0.0549. The van der Waals surface area contributed by atoms with Gasteiger partial charge in [-0.25, -0.2) is 4.79 Å². The predicted octanol–water partition coefficient (Wildman–Crippen LogP) is 3.24. The van der Waals surface area contributed by atoms with E-state index in [-0.39, 0.29) is 0 Å². The summed E-state index contributed by atoms with van der Waals surface area (Å²) < 4.78 is 12.7. The number of hydrogen-bond donors (Lipinski definition) is 1. The molecule has 0 spiro atoms. The van der Waals surface area contributed by atoms with Gasteiger partial charge in [0.1, 0.15) is 18.0 Å². The number of benzene rings is 2. The third kappa shape index (κ3) is 3.91. The van der Waals surface area contributed by atoms with Crippen LogP contribution in [0.25, 0.3) is 10.9 Å². The lowest BCUT2D eigenvalue weighted by atomic mass is 9.96. The molecule has 3 aromatic rings. The van der Waals surface area contributed by atoms with E-state index in [1.165, 1.54) is 4.57 Å². The summed E-state index contributed by atoms with van der Waals surface area (Å²) in [4.78, 5) is 12.6. The Balaban J connectivity index is 1.96. The van der Waals surface area contributed by atoms with Crippen molar-refractivity contribution < 1.29 is 19.3 Å². The highest BCUT2D eigenvalue weighted by atomic mass is 16.6. The number of rotatable bonds is 4. The van der Waals surface area contributed by atoms with Gasteiger partial charge in [0.05, 0.1) is 5.52 Å². The molecular weight excluding hydrogens is 329 g/mol. The summed E-state index contributed by atoms with van der Waals surface area (Å²) in [6.07, 6.45) is -0.548. The van der Waals surface area contributed by atoms with Crippen LogP contribution in [0.5, 0.6) is 5.75 Å². The van der Waals surface area contributed by atoms with Crippen molar-refractivity contribution in [3.05, 3.63) is 60.2 Å². The predicted molar refractivity (Wildman–Crippen MR) is 102 cm³/mol. The van der Waals surface area contributed by atoms with Gasteiger partial charge in [0.2, 0.25) is 0 Å². The van der Waals surface area contributed by atoms with Crippen LogP contribution >= 0.6 is 0 Å². The Morgan fingerprint density at radius 2 is 1.85 bits per heavy atom. The molecule has 0 aliphatic rings. The van der Waals surface area contributed by atoms with Gasteiger partial charge in [-0.1, -0.05) is 36.4 Å². The first kappa shape index (κ1) is 18.1. The zero-order valence-corrected chi connectivity index (χ0v) is 15.1. The minimum absolute atomic E-state index is 0.338. The van der Waals surface area contributed by atoms with Gasteiger partial charge in [-0.05, 0) is 44.5 Å². The van der Waals surface area contributed by atoms with Crippen molar-refractivity contribution in [2.45, 2.75) is 33.0 Å². The summed E-state index contributed by atoms with van der Waals surface area (Å²) in [5.74, 6) is 0.636. The maximum absolute atomic E-state index is 12.6. The van der Waals surface area contributed by atoms with Crippen LogP contribution in [0.1, 0.15) is 26.3 Å². The normalized spacial score (nSPS) is 11.4. The molecule has 26 heavy (non-hydrogen) atoms. The molecule has 133 valence electrons. The molecular formula is C20H21BNO4. The van der Waals surface area contributed by atoms with Crippen LogP contribution in [0.4, 0.5) is 4.79 Å². The molecule has 6 heteroatoms. The number of hydrogen-bond acceptors (Lipinski definition) is 4. The zero-order valence-electron chi connectivity index (χ0n) is 15.1. The molecule has 3 rings (SSSR count). The van der Waals surface area contributed by atoms with Crippen molar-refractivity contribution in [3.63, 3.8) is 0 Å². The number of ether oxygens (including phenoxy) is 2. The van der Waals surface area contributed by atoms with Crippen molar-refractivity contribution in [3.8, 4) is 5.75 Å². The lowest BCUT2D eigenvalue weighted by Crippen LogP contribution is -2.34. The number of fused-ring (bicyclic) bond motifs is 1. The maximum Gasteiger partial charge on any atom is 0.418 e. The van der Waals surface area contributed by atoms with Crippen LogP contribution in [0.2, 0.25) is 0 Å². The minimum Gasteiger partial charge on any atom is -0.488 e. The SMILES string of the molecule is CC(C)(C)OC(=O)n1c([B]O)cc2c(OCc3ccccc3)cccc21. The van der Waals surface area contributed by atoms with E-state index in [0.29, 0.717) is 23.5 Å². The summed E-state index contributed by atoms with van der Waals surface area (Å²) in [6.45, 7) is 5.81. The number of carbonyl (C=O) groups is 1. The van der Waals surface area contributed by atoms with E-state index in [4.69, 9.17) is 9.47 Å². The highest BCUT2D eigenvalue weighted by Gasteiger charge is 2.23. The summed E-state index contributed by atoms with van der Waals surface area (Å²) >= 11 is 0. The molecule has 0 unspecified atom stereocenters. The summed E-state index contributed by atoms with van der Waals surface area (Å²) in [6, 6.07) is 17.0. The molecule has 1 radical (unpaired) electrons. The highest BCUT2D eigenvalue weighted by molar-refractivity contribution is 6.46. The lowest BCUT2D eigenvalue weighted by Gasteiger charge is -2.20. The van der Waals surface area contributed by atoms with Crippen molar-refractivity contribution in [1.82, 2.24) is 4.57 Å². The summed E-state index contributed by atoms with van der Waals surface area (Å²) in [5.41, 5.74) is 1.36. The second kappa shape index (κ2) is 7.26. The Hall–Kier alpha value is -2.73. The molecule has 0 bridgehead atoms. The van der Waals surface area contributed by atoms with Gasteiger partial charge >= 0.3 is 13.6 Å². The second-order valence-corrected chi connectivity index (χ2v) is 6.98. The van der Waals surface area contributed by atoms with E-state index in [9.17, 15) is 9.82 Å². The van der Waals surface area contributed by atoms with E-state index >= 15 is 0 Å². The van der Waals surface area contributed by atoms with Crippen LogP contribution in [0.3, 0.4) is 0 Å². The third-order valence-corrected chi connectivity index (χ3v) is 3.78. The van der Waals surface area contributed by atoms with Gasteiger partial charge in [-0.2, -0.15) is 0 Å². The van der Waals surface area contributed by atoms with Crippen LogP contribution in [-0.4, -0.2) is 28.8 Å². The first-order chi connectivity index (χ1) is 12.4. The molecule has 0 amide bonds. The molecule has 0 saturated carbocycles. The Kier molecular flexibility index (Phi) is 5.05. The topological polar surface area (TPSA) is 60.7 Å². The Bertz CT molecular complexity index is 913. The smallest absolute Gasteiger partial charge is 0.418 e. The molecule has 5 nitrogen and oxygen atoms in total. The van der Waals surface area contributed by atoms with E-state index in [2.05, 4.69) is 0 Å². The van der Waals surface area contributed by atoms with Crippen molar-refractivity contribution in [2.24, 2.45) is 0 Å². The van der Waals surface area contributed by atoms with Gasteiger partial charge < -0.3 is 14.5 Å². The fourth-order valence-corrected chi connectivity index (χ4v) is 2.69. The van der Waals surface area contributed by atoms with Crippen molar-refractivity contribution >= 4 is 30.1 Å². The standard InChI is InChI=1S/C20H21BNO4/c1-20(2,3)26-19(23)22-16-10-7-11-17(15(16)12-18(22)21-24)25-13-14-8-5-4-6-9-14/h4-12,24H,13H2,1-3H3. The minimum atomic E-state index is -0.637. The number of aromatic nitrogens is 1. The van der Waals surface area contributed by atoms with Gasteiger partial charge in [0.15, 0.2) is 0 Å². The van der Waals surface area contributed by atoms with Gasteiger partial charge in [-0.15, -0.1) is 0 Å². The first-order valence-electron chi connectivity index (χ1n) is 8.41. The van der Waals surface area contributed by atoms with Crippen molar-refractivity contribution in [1.29, 1.82) is 0 Å². The van der Waals surface area contributed by atoms with Gasteiger partial charge in [-0.3, -0.25) is 4.57 Å². The molecule has 0 aliphatic carbocycles. The molecule has 0 fully saturated rings. The molecule has 0 aliphatic heterocycles. The molecule has 2 aromatic carbocycles. The zero-order chi connectivity index (χ0) is 18.7. The fraction of sp³-hybridized carbons (Fsp3) is 0.250. The van der Waals surface area contributed by atoms with Crippen LogP contribution in [0, 0.1) is 0 Å². The Morgan fingerprint density at radius 1 is 1.12 bits per heavy atom. The Morgan fingerprint density at radius 3 is 2.50 bits per heavy atom. The summed E-state index contributed by atoms with van der Waals surface area (Å²) in [7, 11) is 0.894. The first-order valence-corrected chi connectivity index (χ1v) is 8.41. The van der Waals surface area contributed by atoms with E-state index in [0.717, 1.165) is 18.4 Å². The fourth-order valence-electron chi connectivity index (χ4n) is 2.69. The third-order valence-electron chi connectivity index (χ3n) is 3.78. The summed E-state index contributed by atoms with van der Waals surface area (Å²) in [5, 5.41) is 10.3. The monoisotopic (exact) mass is 350 g/mol. The average Bonchev–Trinajstić information content (AvgIpc) is 2.98. The van der Waals surface area contributed by atoms with Crippen LogP contribution in [-0.2, 0) is 11.3 Å². The number of nitrogens with zero attached hydrogens (tertiary/aromatic N) is 1. The molecule has 0 saturated heterocycles. The largest absolute Gasteiger partial charge is 0.488 e. The second-order valence-electron chi connectivity index (χ2n) is 6.98. The molecule has 1 heterocycles. The molecule has 1 N–H and O–H groups in total. The highest BCUT2D eigenvalue weighted by Crippen LogP contribution is 2.27. The van der Waals surface area contributed by atoms with Gasteiger partial charge in [0.25, 0.3) is 0 Å². The average molecular weight is 350 g/mol. The van der Waals surface area contributed by atoms with E-state index < -0.39 is 11.7 Å². The van der Waals surface area contributed by atoms with Gasteiger partial charge in [0, 0.05) is 11.0 Å². The van der Waals surface area contributed by atoms with Crippen molar-refractivity contribution in [2.75, 3.05) is 0 Å². The van der Waals surface area contributed by atoms with Crippen LogP contribution in [0.15, 0.2) is 54.6 Å². The quantitative estimate of drug-likeness (QED) is 0.734. The van der Waals surface area contributed by atoms with E-state index in [1.807, 2.05) is 42.5 Å². The van der Waals surface area contributed by atoms with Crippen LogP contribution < -0.4 is 10.3 Å².